The number of carbonyl (C=O) groups excluding carboxylic acids is 1. The van der Waals surface area contributed by atoms with Crippen molar-refractivity contribution in [2.45, 2.75) is 58.8 Å². The number of hydrogen-bond donors (Lipinski definition) is 2. The van der Waals surface area contributed by atoms with Gasteiger partial charge in [0.05, 0.1) is 6.10 Å². The Hall–Kier alpha value is -0.770. The summed E-state index contributed by atoms with van der Waals surface area (Å²) < 4.78 is 5.19. The fraction of sp³-hybridized carbons (Fsp3) is 0.917. The molecular weight excluding hydrogens is 206 g/mol. The highest BCUT2D eigenvalue weighted by molar-refractivity contribution is 5.68. The van der Waals surface area contributed by atoms with E-state index in [0.29, 0.717) is 6.42 Å². The highest BCUT2D eigenvalue weighted by Gasteiger charge is 2.38. The molecule has 1 saturated carbocycles. The van der Waals surface area contributed by atoms with Gasteiger partial charge in [0, 0.05) is 6.04 Å². The van der Waals surface area contributed by atoms with Crippen LogP contribution < -0.4 is 5.32 Å². The van der Waals surface area contributed by atoms with E-state index in [1.807, 2.05) is 34.6 Å². The minimum Gasteiger partial charge on any atom is -0.444 e. The topological polar surface area (TPSA) is 58.6 Å². The number of carbonyl (C=O) groups is 1. The summed E-state index contributed by atoms with van der Waals surface area (Å²) in [6.07, 6.45) is -0.109. The molecule has 0 aromatic heterocycles. The van der Waals surface area contributed by atoms with Gasteiger partial charge in [-0.3, -0.25) is 0 Å². The van der Waals surface area contributed by atoms with Crippen LogP contribution in [0.5, 0.6) is 0 Å². The van der Waals surface area contributed by atoms with Crippen molar-refractivity contribution in [2.75, 3.05) is 0 Å². The lowest BCUT2D eigenvalue weighted by molar-refractivity contribution is 0.0492. The Labute approximate surface area is 97.4 Å². The van der Waals surface area contributed by atoms with Crippen LogP contribution in [-0.2, 0) is 4.74 Å². The Morgan fingerprint density at radius 3 is 2.25 bits per heavy atom. The predicted molar refractivity (Wildman–Crippen MR) is 62.1 cm³/mol. The molecule has 0 bridgehead atoms. The van der Waals surface area contributed by atoms with Gasteiger partial charge < -0.3 is 15.2 Å². The van der Waals surface area contributed by atoms with E-state index in [1.54, 1.807) is 0 Å². The minimum absolute atomic E-state index is 0.0137. The van der Waals surface area contributed by atoms with Crippen LogP contribution in [0.15, 0.2) is 0 Å². The van der Waals surface area contributed by atoms with Gasteiger partial charge >= 0.3 is 6.09 Å². The summed E-state index contributed by atoms with van der Waals surface area (Å²) in [5.74, 6) is 0.502. The fourth-order valence-electron chi connectivity index (χ4n) is 2.06. The number of rotatable bonds is 1. The van der Waals surface area contributed by atoms with Crippen molar-refractivity contribution in [3.05, 3.63) is 0 Å². The van der Waals surface area contributed by atoms with E-state index in [1.165, 1.54) is 0 Å². The summed E-state index contributed by atoms with van der Waals surface area (Å²) in [5.41, 5.74) is -0.476. The van der Waals surface area contributed by atoms with Crippen LogP contribution in [0.25, 0.3) is 0 Å². The number of ether oxygens (including phenoxy) is 1. The van der Waals surface area contributed by atoms with E-state index >= 15 is 0 Å². The average molecular weight is 229 g/mol. The molecule has 0 heterocycles. The van der Waals surface area contributed by atoms with Crippen molar-refractivity contribution in [3.8, 4) is 0 Å². The lowest BCUT2D eigenvalue weighted by atomic mass is 9.97. The van der Waals surface area contributed by atoms with Crippen molar-refractivity contribution in [3.63, 3.8) is 0 Å². The van der Waals surface area contributed by atoms with E-state index in [2.05, 4.69) is 5.32 Å². The van der Waals surface area contributed by atoms with E-state index in [-0.39, 0.29) is 24.0 Å². The third kappa shape index (κ3) is 3.37. The second kappa shape index (κ2) is 4.62. The Balaban J connectivity index is 2.47. The van der Waals surface area contributed by atoms with Gasteiger partial charge in [0.15, 0.2) is 0 Å². The van der Waals surface area contributed by atoms with Gasteiger partial charge in [-0.1, -0.05) is 13.8 Å². The van der Waals surface area contributed by atoms with Crippen LogP contribution in [0.3, 0.4) is 0 Å². The molecule has 4 atom stereocenters. The van der Waals surface area contributed by atoms with Crippen molar-refractivity contribution >= 4 is 6.09 Å². The van der Waals surface area contributed by atoms with Gasteiger partial charge in [-0.15, -0.1) is 0 Å². The molecule has 1 aliphatic rings. The van der Waals surface area contributed by atoms with Crippen LogP contribution in [0.4, 0.5) is 4.79 Å². The molecule has 0 radical (unpaired) electrons. The van der Waals surface area contributed by atoms with Crippen molar-refractivity contribution < 1.29 is 14.6 Å². The van der Waals surface area contributed by atoms with E-state index < -0.39 is 11.7 Å². The molecule has 0 aromatic rings. The largest absolute Gasteiger partial charge is 0.444 e. The van der Waals surface area contributed by atoms with Crippen LogP contribution >= 0.6 is 0 Å². The number of amides is 1. The highest BCUT2D eigenvalue weighted by Crippen LogP contribution is 2.31. The summed E-state index contributed by atoms with van der Waals surface area (Å²) >= 11 is 0. The van der Waals surface area contributed by atoms with Crippen molar-refractivity contribution in [1.82, 2.24) is 5.32 Å². The maximum absolute atomic E-state index is 11.6. The first-order valence-electron chi connectivity index (χ1n) is 5.88. The van der Waals surface area contributed by atoms with Crippen LogP contribution in [0.2, 0.25) is 0 Å². The normalized spacial score (nSPS) is 34.9. The quantitative estimate of drug-likeness (QED) is 0.722. The van der Waals surface area contributed by atoms with E-state index in [0.717, 1.165) is 0 Å². The molecule has 2 N–H and O–H groups in total. The molecule has 1 fully saturated rings. The number of aliphatic hydroxyl groups excluding tert-OH is 1. The Morgan fingerprint density at radius 2 is 1.88 bits per heavy atom. The first kappa shape index (κ1) is 13.3. The zero-order valence-corrected chi connectivity index (χ0v) is 10.8. The van der Waals surface area contributed by atoms with Gasteiger partial charge in [0.1, 0.15) is 5.60 Å². The molecule has 94 valence electrons. The fourth-order valence-corrected chi connectivity index (χ4v) is 2.06. The number of aliphatic hydroxyl groups is 1. The second-order valence-electron chi connectivity index (χ2n) is 5.77. The molecular formula is C12H23NO3. The predicted octanol–water partition coefficient (Wildman–Crippen LogP) is 1.92. The third-order valence-electron chi connectivity index (χ3n) is 3.27. The standard InChI is InChI=1S/C12H23NO3/c1-7-8(2)10(14)6-9(7)13-11(15)16-12(3,4)5/h7-10,14H,6H2,1-5H3,(H,13,15)/t7-,8+,9-,10-/m1/s1. The van der Waals surface area contributed by atoms with E-state index in [4.69, 9.17) is 4.74 Å². The molecule has 0 saturated heterocycles. The van der Waals surface area contributed by atoms with Crippen molar-refractivity contribution in [1.29, 1.82) is 0 Å². The minimum atomic E-state index is -0.476. The maximum Gasteiger partial charge on any atom is 0.407 e. The molecule has 0 spiro atoms. The molecule has 1 aliphatic carbocycles. The number of hydrogen-bond acceptors (Lipinski definition) is 3. The second-order valence-corrected chi connectivity index (χ2v) is 5.77. The zero-order chi connectivity index (χ0) is 12.5. The first-order chi connectivity index (χ1) is 7.20. The molecule has 1 amide bonds. The van der Waals surface area contributed by atoms with Crippen molar-refractivity contribution in [2.24, 2.45) is 11.8 Å². The smallest absolute Gasteiger partial charge is 0.407 e. The molecule has 0 aliphatic heterocycles. The van der Waals surface area contributed by atoms with Gasteiger partial charge in [-0.25, -0.2) is 4.79 Å². The lowest BCUT2D eigenvalue weighted by Gasteiger charge is -2.23. The molecule has 0 unspecified atom stereocenters. The first-order valence-corrected chi connectivity index (χ1v) is 5.88. The molecule has 16 heavy (non-hydrogen) atoms. The Bertz CT molecular complexity index is 259. The summed E-state index contributed by atoms with van der Waals surface area (Å²) in [7, 11) is 0. The summed E-state index contributed by atoms with van der Waals surface area (Å²) in [4.78, 5) is 11.6. The van der Waals surface area contributed by atoms with Crippen LogP contribution in [0.1, 0.15) is 41.0 Å². The maximum atomic E-state index is 11.6. The van der Waals surface area contributed by atoms with Gasteiger partial charge in [0.2, 0.25) is 0 Å². The number of nitrogens with one attached hydrogen (secondary N) is 1. The summed E-state index contributed by atoms with van der Waals surface area (Å²) in [6.45, 7) is 9.56. The van der Waals surface area contributed by atoms with Gasteiger partial charge in [-0.05, 0) is 39.0 Å². The zero-order valence-electron chi connectivity index (χ0n) is 10.8. The third-order valence-corrected chi connectivity index (χ3v) is 3.27. The Morgan fingerprint density at radius 1 is 1.31 bits per heavy atom. The van der Waals surface area contributed by atoms with Gasteiger partial charge in [-0.2, -0.15) is 0 Å². The van der Waals surface area contributed by atoms with E-state index in [9.17, 15) is 9.90 Å². The molecule has 4 heteroatoms. The monoisotopic (exact) mass is 229 g/mol. The van der Waals surface area contributed by atoms with Gasteiger partial charge in [0.25, 0.3) is 0 Å². The average Bonchev–Trinajstić information content (AvgIpc) is 2.30. The summed E-state index contributed by atoms with van der Waals surface area (Å²) in [6, 6.07) is 0.0137. The molecule has 1 rings (SSSR count). The van der Waals surface area contributed by atoms with Crippen LogP contribution in [0, 0.1) is 11.8 Å². The van der Waals surface area contributed by atoms with Crippen LogP contribution in [-0.4, -0.2) is 28.9 Å². The SMILES string of the molecule is C[C@@H]1[C@H](C)[C@H](O)C[C@H]1NC(=O)OC(C)(C)C. The number of alkyl carbamates (subject to hydrolysis) is 1. The summed E-state index contributed by atoms with van der Waals surface area (Å²) in [5, 5.41) is 12.5. The lowest BCUT2D eigenvalue weighted by Crippen LogP contribution is -2.40. The molecule has 4 nitrogen and oxygen atoms in total. The Kier molecular flexibility index (Phi) is 3.84. The molecule has 0 aromatic carbocycles. The highest BCUT2D eigenvalue weighted by atomic mass is 16.6.